The van der Waals surface area contributed by atoms with E-state index >= 15 is 0 Å². The third kappa shape index (κ3) is 3.85. The van der Waals surface area contributed by atoms with Crippen LogP contribution in [0.2, 0.25) is 0 Å². The minimum absolute atomic E-state index is 0.0189. The van der Waals surface area contributed by atoms with Crippen molar-refractivity contribution in [1.82, 2.24) is 9.99 Å². The van der Waals surface area contributed by atoms with E-state index in [9.17, 15) is 20.1 Å². The van der Waals surface area contributed by atoms with Gasteiger partial charge in [-0.3, -0.25) is 9.36 Å². The number of carbonyl (C=O) groups is 1. The van der Waals surface area contributed by atoms with Crippen LogP contribution in [0, 0.1) is 5.92 Å². The molecule has 7 heteroatoms. The van der Waals surface area contributed by atoms with Crippen molar-refractivity contribution in [1.29, 1.82) is 0 Å². The number of phenols is 2. The normalized spacial score (nSPS) is 16.6. The summed E-state index contributed by atoms with van der Waals surface area (Å²) < 4.78 is 1.84. The van der Waals surface area contributed by atoms with E-state index in [1.807, 2.05) is 35.8 Å². The van der Waals surface area contributed by atoms with Gasteiger partial charge in [0.05, 0.1) is 22.4 Å². The summed E-state index contributed by atoms with van der Waals surface area (Å²) in [4.78, 5) is 12.4. The predicted octanol–water partition coefficient (Wildman–Crippen LogP) is 4.74. The molecule has 4 N–H and O–H groups in total. The first-order valence-corrected chi connectivity index (χ1v) is 10.3. The Morgan fingerprint density at radius 2 is 1.91 bits per heavy atom. The molecule has 3 aromatic rings. The molecule has 0 saturated heterocycles. The second kappa shape index (κ2) is 8.26. The average molecular weight is 431 g/mol. The Hall–Kier alpha value is -4.00. The smallest absolute Gasteiger partial charge is 0.275 e. The van der Waals surface area contributed by atoms with Crippen LogP contribution in [0.25, 0.3) is 16.6 Å². The molecule has 2 aromatic carbocycles. The first-order valence-electron chi connectivity index (χ1n) is 10.3. The number of allylic oxidation sites excluding steroid dienone is 4. The van der Waals surface area contributed by atoms with Crippen LogP contribution in [0.1, 0.15) is 43.1 Å². The number of phenolic OH excluding ortho intramolecular Hbond substituents is 2. The summed E-state index contributed by atoms with van der Waals surface area (Å²) in [5.74, 6) is -0.715. The number of nitrogens with one attached hydrogen (secondary N) is 1. The monoisotopic (exact) mass is 431 g/mol. The van der Waals surface area contributed by atoms with Crippen LogP contribution in [-0.4, -0.2) is 31.5 Å². The zero-order valence-corrected chi connectivity index (χ0v) is 18.1. The van der Waals surface area contributed by atoms with Crippen molar-refractivity contribution in [3.63, 3.8) is 0 Å². The van der Waals surface area contributed by atoms with E-state index in [0.29, 0.717) is 17.2 Å². The molecule has 4 rings (SSSR count). The topological polar surface area (TPSA) is 107 Å². The van der Waals surface area contributed by atoms with Crippen molar-refractivity contribution in [2.75, 3.05) is 0 Å². The molecule has 1 atom stereocenters. The van der Waals surface area contributed by atoms with E-state index in [1.165, 1.54) is 12.1 Å². The number of fused-ring (bicyclic) bond motifs is 1. The molecule has 164 valence electrons. The number of benzene rings is 2. The predicted molar refractivity (Wildman–Crippen MR) is 125 cm³/mol. The van der Waals surface area contributed by atoms with Crippen LogP contribution in [0.3, 0.4) is 0 Å². The van der Waals surface area contributed by atoms with E-state index in [2.05, 4.69) is 29.6 Å². The molecule has 1 unspecified atom stereocenters. The summed E-state index contributed by atoms with van der Waals surface area (Å²) in [6, 6.07) is 11.3. The molecule has 1 aliphatic carbocycles. The molecule has 0 fully saturated rings. The third-order valence-electron chi connectivity index (χ3n) is 5.52. The van der Waals surface area contributed by atoms with Crippen LogP contribution < -0.4 is 5.43 Å². The fourth-order valence-corrected chi connectivity index (χ4v) is 4.20. The van der Waals surface area contributed by atoms with Gasteiger partial charge in [-0.15, -0.1) is 0 Å². The minimum Gasteiger partial charge on any atom is -0.508 e. The van der Waals surface area contributed by atoms with Crippen molar-refractivity contribution in [2.24, 2.45) is 11.0 Å². The molecule has 0 bridgehead atoms. The van der Waals surface area contributed by atoms with E-state index in [4.69, 9.17) is 0 Å². The zero-order chi connectivity index (χ0) is 23.0. The second-order valence-corrected chi connectivity index (χ2v) is 8.12. The standard InChI is InChI=1S/C25H25N3O4/c1-14-10-15(2)12-17(11-14)28-21-7-5-4-6-19(21)23(25(28)32)16(3)26-27-24(31)20-9-8-18(29)13-22(20)30/h4-11,13,15,29-30,32H,12H2,1-3H3,(H,27,31). The summed E-state index contributed by atoms with van der Waals surface area (Å²) in [5, 5.41) is 35.5. The molecule has 0 spiro atoms. The Kier molecular flexibility index (Phi) is 5.48. The van der Waals surface area contributed by atoms with Crippen molar-refractivity contribution in [3.8, 4) is 17.4 Å². The van der Waals surface area contributed by atoms with E-state index < -0.39 is 5.91 Å². The lowest BCUT2D eigenvalue weighted by Gasteiger charge is -2.20. The van der Waals surface area contributed by atoms with Crippen LogP contribution >= 0.6 is 0 Å². The van der Waals surface area contributed by atoms with Gasteiger partial charge in [-0.05, 0) is 50.5 Å². The first kappa shape index (κ1) is 21.2. The van der Waals surface area contributed by atoms with E-state index in [1.54, 1.807) is 6.92 Å². The molecular formula is C25H25N3O4. The highest BCUT2D eigenvalue weighted by molar-refractivity contribution is 6.13. The van der Waals surface area contributed by atoms with Gasteiger partial charge in [0.25, 0.3) is 5.91 Å². The third-order valence-corrected chi connectivity index (χ3v) is 5.52. The average Bonchev–Trinajstić information content (AvgIpc) is 3.03. The molecular weight excluding hydrogens is 406 g/mol. The number of nitrogens with zero attached hydrogens (tertiary/aromatic N) is 2. The van der Waals surface area contributed by atoms with Gasteiger partial charge in [0.15, 0.2) is 0 Å². The van der Waals surface area contributed by atoms with Gasteiger partial charge >= 0.3 is 0 Å². The number of hydrazone groups is 1. The SMILES string of the molecule is CC1=CC(C)CC(n2c(O)c(C(C)=NNC(=O)c3ccc(O)cc3O)c3ccccc32)=C1. The highest BCUT2D eigenvalue weighted by Gasteiger charge is 2.23. The fraction of sp³-hybridized carbons (Fsp3) is 0.200. The lowest BCUT2D eigenvalue weighted by atomic mass is 9.96. The maximum absolute atomic E-state index is 12.4. The van der Waals surface area contributed by atoms with Crippen molar-refractivity contribution in [2.45, 2.75) is 27.2 Å². The number of aromatic hydroxyl groups is 3. The van der Waals surface area contributed by atoms with Crippen LogP contribution in [-0.2, 0) is 0 Å². The molecule has 0 aliphatic heterocycles. The molecule has 1 aromatic heterocycles. The molecule has 0 radical (unpaired) electrons. The number of rotatable bonds is 4. The molecule has 0 saturated carbocycles. The summed E-state index contributed by atoms with van der Waals surface area (Å²) in [6.45, 7) is 5.88. The number of amides is 1. The molecule has 1 amide bonds. The summed E-state index contributed by atoms with van der Waals surface area (Å²) in [6.07, 6.45) is 5.06. The molecule has 32 heavy (non-hydrogen) atoms. The molecule has 7 nitrogen and oxygen atoms in total. The number of carbonyl (C=O) groups excluding carboxylic acids is 1. The van der Waals surface area contributed by atoms with Crippen molar-refractivity contribution >= 4 is 28.2 Å². The highest BCUT2D eigenvalue weighted by atomic mass is 16.3. The Balaban J connectivity index is 1.74. The summed E-state index contributed by atoms with van der Waals surface area (Å²) >= 11 is 0. The van der Waals surface area contributed by atoms with Gasteiger partial charge in [-0.2, -0.15) is 5.10 Å². The van der Waals surface area contributed by atoms with Gasteiger partial charge in [0.1, 0.15) is 11.5 Å². The summed E-state index contributed by atoms with van der Waals surface area (Å²) in [7, 11) is 0. The minimum atomic E-state index is -0.630. The Bertz CT molecular complexity index is 1310. The number of hydrogen-bond acceptors (Lipinski definition) is 5. The van der Waals surface area contributed by atoms with E-state index in [-0.39, 0.29) is 22.9 Å². The Morgan fingerprint density at radius 1 is 1.16 bits per heavy atom. The van der Waals surface area contributed by atoms with Gasteiger partial charge in [-0.1, -0.05) is 36.8 Å². The van der Waals surface area contributed by atoms with Crippen LogP contribution in [0.4, 0.5) is 0 Å². The first-order chi connectivity index (χ1) is 15.3. The van der Waals surface area contributed by atoms with Crippen LogP contribution in [0.5, 0.6) is 17.4 Å². The van der Waals surface area contributed by atoms with Gasteiger partial charge < -0.3 is 15.3 Å². The lowest BCUT2D eigenvalue weighted by molar-refractivity contribution is 0.0952. The summed E-state index contributed by atoms with van der Waals surface area (Å²) in [5.41, 5.74) is 6.32. The molecule has 1 aliphatic rings. The largest absolute Gasteiger partial charge is 0.508 e. The maximum Gasteiger partial charge on any atom is 0.275 e. The highest BCUT2D eigenvalue weighted by Crippen LogP contribution is 2.38. The van der Waals surface area contributed by atoms with Crippen molar-refractivity contribution < 1.29 is 20.1 Å². The Labute approximate surface area is 185 Å². The van der Waals surface area contributed by atoms with Gasteiger partial charge in [-0.25, -0.2) is 5.43 Å². The maximum atomic E-state index is 12.4. The number of hydrogen-bond donors (Lipinski definition) is 4. The van der Waals surface area contributed by atoms with Crippen LogP contribution in [0.15, 0.2) is 65.3 Å². The zero-order valence-electron chi connectivity index (χ0n) is 18.1. The Morgan fingerprint density at radius 3 is 2.62 bits per heavy atom. The van der Waals surface area contributed by atoms with E-state index in [0.717, 1.165) is 34.7 Å². The van der Waals surface area contributed by atoms with Gasteiger partial charge in [0, 0.05) is 17.1 Å². The number of para-hydroxylation sites is 1. The quantitative estimate of drug-likeness (QED) is 0.354. The second-order valence-electron chi connectivity index (χ2n) is 8.12. The van der Waals surface area contributed by atoms with Gasteiger partial charge in [0.2, 0.25) is 5.88 Å². The fourth-order valence-electron chi connectivity index (χ4n) is 4.20. The molecule has 1 heterocycles. The number of aromatic nitrogens is 1. The lowest BCUT2D eigenvalue weighted by Crippen LogP contribution is -2.19. The van der Waals surface area contributed by atoms with Crippen molar-refractivity contribution in [3.05, 3.63) is 71.3 Å².